The normalized spacial score (nSPS) is 12.8. The van der Waals surface area contributed by atoms with Gasteiger partial charge >= 0.3 is 0 Å². The van der Waals surface area contributed by atoms with Crippen LogP contribution in [0.4, 0.5) is 5.69 Å². The van der Waals surface area contributed by atoms with Crippen LogP contribution >= 0.6 is 11.8 Å². The SMILES string of the molecule is COc1ccc(/C=C(\NC(=O)c2ccccc2)C(=O)Nc2cccc(SCC(=O)n3c4c(c5ccccc53)CCCC4)c2)cc1. The van der Waals surface area contributed by atoms with Gasteiger partial charge in [0.05, 0.1) is 18.4 Å². The number of para-hydroxylation sites is 1. The number of nitrogens with one attached hydrogen (secondary N) is 2. The van der Waals surface area contributed by atoms with E-state index in [0.717, 1.165) is 47.4 Å². The molecule has 0 fully saturated rings. The molecule has 0 atom stereocenters. The summed E-state index contributed by atoms with van der Waals surface area (Å²) in [5.41, 5.74) is 5.22. The topological polar surface area (TPSA) is 89.4 Å². The Morgan fingerprint density at radius 3 is 2.42 bits per heavy atom. The maximum atomic E-state index is 13.6. The minimum absolute atomic E-state index is 0.0436. The fourth-order valence-electron chi connectivity index (χ4n) is 5.66. The van der Waals surface area contributed by atoms with E-state index in [-0.39, 0.29) is 17.4 Å². The summed E-state index contributed by atoms with van der Waals surface area (Å²) in [5, 5.41) is 6.85. The number of methoxy groups -OCH3 is 1. The van der Waals surface area contributed by atoms with Crippen LogP contribution in [0.3, 0.4) is 0 Å². The summed E-state index contributed by atoms with van der Waals surface area (Å²) in [7, 11) is 1.58. The second-order valence-corrected chi connectivity index (χ2v) is 11.8. The lowest BCUT2D eigenvalue weighted by Crippen LogP contribution is -2.30. The van der Waals surface area contributed by atoms with Gasteiger partial charge < -0.3 is 15.4 Å². The Hall–Kier alpha value is -5.08. The molecule has 2 amide bonds. The number of rotatable bonds is 9. The molecule has 1 heterocycles. The van der Waals surface area contributed by atoms with Crippen molar-refractivity contribution in [1.82, 2.24) is 9.88 Å². The molecule has 0 spiro atoms. The predicted octanol–water partition coefficient (Wildman–Crippen LogP) is 7.37. The van der Waals surface area contributed by atoms with Crippen molar-refractivity contribution in [2.75, 3.05) is 18.2 Å². The van der Waals surface area contributed by atoms with Crippen LogP contribution in [-0.4, -0.2) is 35.2 Å². The second-order valence-electron chi connectivity index (χ2n) is 10.8. The first-order valence-corrected chi connectivity index (χ1v) is 15.9. The summed E-state index contributed by atoms with van der Waals surface area (Å²) in [6.07, 6.45) is 5.78. The fraction of sp³-hybridized carbons (Fsp3) is 0.162. The van der Waals surface area contributed by atoms with Crippen LogP contribution in [0.1, 0.15) is 44.8 Å². The smallest absolute Gasteiger partial charge is 0.272 e. The number of hydrogen-bond donors (Lipinski definition) is 2. The average molecular weight is 616 g/mol. The zero-order valence-electron chi connectivity index (χ0n) is 24.9. The number of anilines is 1. The molecule has 0 saturated heterocycles. The Kier molecular flexibility index (Phi) is 9.12. The summed E-state index contributed by atoms with van der Waals surface area (Å²) in [6, 6.07) is 31.4. The van der Waals surface area contributed by atoms with Gasteiger partial charge in [0, 0.05) is 27.2 Å². The van der Waals surface area contributed by atoms with Crippen LogP contribution in [0.2, 0.25) is 0 Å². The number of carbonyl (C=O) groups is 3. The van der Waals surface area contributed by atoms with Gasteiger partial charge in [-0.3, -0.25) is 19.0 Å². The second kappa shape index (κ2) is 13.7. The summed E-state index contributed by atoms with van der Waals surface area (Å²) in [4.78, 5) is 40.9. The summed E-state index contributed by atoms with van der Waals surface area (Å²) < 4.78 is 7.15. The Labute approximate surface area is 266 Å². The standard InChI is InChI=1S/C37H33N3O4S/c1-44-28-20-18-25(19-21-28)22-32(39-36(42)26-10-3-2-4-11-26)37(43)38-27-12-9-13-29(23-27)45-24-35(41)40-33-16-7-5-14-30(33)31-15-6-8-17-34(31)40/h2-5,7,9-14,16,18-23H,6,8,15,17,24H2,1H3,(H,38,43)(H,39,42)/b32-22-. The molecule has 0 aliphatic heterocycles. The van der Waals surface area contributed by atoms with Gasteiger partial charge in [0.25, 0.3) is 11.8 Å². The molecule has 226 valence electrons. The lowest BCUT2D eigenvalue weighted by molar-refractivity contribution is -0.113. The third-order valence-electron chi connectivity index (χ3n) is 7.84. The van der Waals surface area contributed by atoms with Crippen LogP contribution in [0, 0.1) is 0 Å². The minimum Gasteiger partial charge on any atom is -0.497 e. The summed E-state index contributed by atoms with van der Waals surface area (Å²) in [5.74, 6) is 0.121. The van der Waals surface area contributed by atoms with Gasteiger partial charge in [-0.05, 0) is 91.4 Å². The van der Waals surface area contributed by atoms with Crippen molar-refractivity contribution in [3.05, 3.63) is 131 Å². The zero-order valence-corrected chi connectivity index (χ0v) is 25.7. The van der Waals surface area contributed by atoms with Gasteiger partial charge in [-0.15, -0.1) is 11.8 Å². The van der Waals surface area contributed by atoms with Crippen molar-refractivity contribution in [3.8, 4) is 5.75 Å². The number of hydrogen-bond acceptors (Lipinski definition) is 5. The summed E-state index contributed by atoms with van der Waals surface area (Å²) >= 11 is 1.43. The first-order chi connectivity index (χ1) is 22.0. The third kappa shape index (κ3) is 6.86. The van der Waals surface area contributed by atoms with E-state index in [1.807, 2.05) is 47.0 Å². The number of nitrogens with zero attached hydrogens (tertiary/aromatic N) is 1. The van der Waals surface area contributed by atoms with Gasteiger partial charge in [-0.2, -0.15) is 0 Å². The highest BCUT2D eigenvalue weighted by molar-refractivity contribution is 8.00. The van der Waals surface area contributed by atoms with Crippen LogP contribution in [0.25, 0.3) is 17.0 Å². The molecule has 0 unspecified atom stereocenters. The number of amides is 2. The van der Waals surface area contributed by atoms with E-state index in [2.05, 4.69) is 16.7 Å². The Bertz CT molecular complexity index is 1890. The molecule has 2 N–H and O–H groups in total. The first-order valence-electron chi connectivity index (χ1n) is 14.9. The number of thioether (sulfide) groups is 1. The molecule has 0 saturated carbocycles. The van der Waals surface area contributed by atoms with E-state index in [9.17, 15) is 14.4 Å². The predicted molar refractivity (Wildman–Crippen MR) is 180 cm³/mol. The van der Waals surface area contributed by atoms with Gasteiger partial charge in [-0.25, -0.2) is 0 Å². The Morgan fingerprint density at radius 1 is 0.867 bits per heavy atom. The molecular weight excluding hydrogens is 582 g/mol. The number of aryl methyl sites for hydroxylation is 1. The number of ether oxygens (including phenoxy) is 1. The maximum absolute atomic E-state index is 13.6. The molecule has 8 heteroatoms. The highest BCUT2D eigenvalue weighted by Gasteiger charge is 2.23. The van der Waals surface area contributed by atoms with Crippen molar-refractivity contribution in [2.24, 2.45) is 0 Å². The zero-order chi connectivity index (χ0) is 31.2. The van der Waals surface area contributed by atoms with Gasteiger partial charge in [0.1, 0.15) is 11.4 Å². The van der Waals surface area contributed by atoms with Crippen LogP contribution in [-0.2, 0) is 17.6 Å². The Morgan fingerprint density at radius 2 is 1.62 bits per heavy atom. The molecule has 45 heavy (non-hydrogen) atoms. The lowest BCUT2D eigenvalue weighted by Gasteiger charge is -2.15. The third-order valence-corrected chi connectivity index (χ3v) is 8.82. The molecule has 1 aliphatic rings. The number of aromatic nitrogens is 1. The van der Waals surface area contributed by atoms with E-state index < -0.39 is 11.8 Å². The Balaban J connectivity index is 1.18. The fourth-order valence-corrected chi connectivity index (χ4v) is 6.47. The number of fused-ring (bicyclic) bond motifs is 3. The van der Waals surface area contributed by atoms with E-state index in [1.165, 1.54) is 22.7 Å². The molecule has 6 rings (SSSR count). The minimum atomic E-state index is -0.473. The lowest BCUT2D eigenvalue weighted by atomic mass is 9.96. The van der Waals surface area contributed by atoms with Crippen molar-refractivity contribution >= 4 is 52.1 Å². The maximum Gasteiger partial charge on any atom is 0.272 e. The average Bonchev–Trinajstić information content (AvgIpc) is 3.42. The van der Waals surface area contributed by atoms with Crippen molar-refractivity contribution < 1.29 is 19.1 Å². The monoisotopic (exact) mass is 615 g/mol. The molecule has 1 aromatic heterocycles. The van der Waals surface area contributed by atoms with Crippen LogP contribution < -0.4 is 15.4 Å². The molecule has 7 nitrogen and oxygen atoms in total. The molecule has 5 aromatic rings. The first kappa shape index (κ1) is 30.0. The summed E-state index contributed by atoms with van der Waals surface area (Å²) in [6.45, 7) is 0. The van der Waals surface area contributed by atoms with Gasteiger partial charge in [0.15, 0.2) is 0 Å². The van der Waals surface area contributed by atoms with Gasteiger partial charge in [-0.1, -0.05) is 54.6 Å². The molecule has 0 bridgehead atoms. The van der Waals surface area contributed by atoms with E-state index >= 15 is 0 Å². The van der Waals surface area contributed by atoms with Crippen molar-refractivity contribution in [1.29, 1.82) is 0 Å². The highest BCUT2D eigenvalue weighted by atomic mass is 32.2. The van der Waals surface area contributed by atoms with Crippen LogP contribution in [0.15, 0.2) is 114 Å². The van der Waals surface area contributed by atoms with Gasteiger partial charge in [0.2, 0.25) is 5.91 Å². The largest absolute Gasteiger partial charge is 0.497 e. The van der Waals surface area contributed by atoms with Crippen molar-refractivity contribution in [3.63, 3.8) is 0 Å². The quantitative estimate of drug-likeness (QED) is 0.134. The molecule has 4 aromatic carbocycles. The molecular formula is C37H33N3O4S. The number of carbonyl (C=O) groups excluding carboxylic acids is 3. The van der Waals surface area contributed by atoms with Crippen LogP contribution in [0.5, 0.6) is 5.75 Å². The van der Waals surface area contributed by atoms with E-state index in [0.29, 0.717) is 17.0 Å². The van der Waals surface area contributed by atoms with E-state index in [1.54, 1.807) is 67.8 Å². The van der Waals surface area contributed by atoms with E-state index in [4.69, 9.17) is 4.74 Å². The molecule has 0 radical (unpaired) electrons. The highest BCUT2D eigenvalue weighted by Crippen LogP contribution is 2.33. The van der Waals surface area contributed by atoms with Crippen molar-refractivity contribution in [2.45, 2.75) is 30.6 Å². The molecule has 1 aliphatic carbocycles. The number of benzene rings is 4.